The summed E-state index contributed by atoms with van der Waals surface area (Å²) in [7, 11) is 0. The molecule has 0 aliphatic carbocycles. The van der Waals surface area contributed by atoms with Crippen LogP contribution in [0.4, 0.5) is 0 Å². The van der Waals surface area contributed by atoms with Crippen LogP contribution < -0.4 is 4.74 Å². The Kier molecular flexibility index (Phi) is 2.83. The number of fused-ring (bicyclic) bond motifs is 1. The van der Waals surface area contributed by atoms with E-state index in [1.165, 1.54) is 5.56 Å². The molecule has 0 bridgehead atoms. The van der Waals surface area contributed by atoms with Crippen LogP contribution >= 0.6 is 0 Å². The van der Waals surface area contributed by atoms with Gasteiger partial charge >= 0.3 is 0 Å². The van der Waals surface area contributed by atoms with Gasteiger partial charge in [-0.2, -0.15) is 0 Å². The zero-order valence-corrected chi connectivity index (χ0v) is 10.6. The maximum absolute atomic E-state index is 10.0. The van der Waals surface area contributed by atoms with E-state index in [9.17, 15) is 5.11 Å². The summed E-state index contributed by atoms with van der Waals surface area (Å²) in [6.07, 6.45) is 3.48. The molecule has 2 nitrogen and oxygen atoms in total. The molecule has 0 saturated carbocycles. The fourth-order valence-electron chi connectivity index (χ4n) is 2.49. The predicted molar refractivity (Wildman–Crippen MR) is 65.3 cm³/mol. The summed E-state index contributed by atoms with van der Waals surface area (Å²) in [6.45, 7) is 8.14. The summed E-state index contributed by atoms with van der Waals surface area (Å²) in [5.41, 5.74) is 4.25. The molecule has 0 radical (unpaired) electrons. The Morgan fingerprint density at radius 2 is 1.88 bits per heavy atom. The van der Waals surface area contributed by atoms with E-state index in [2.05, 4.69) is 6.92 Å². The van der Waals surface area contributed by atoms with E-state index in [1.54, 1.807) is 0 Å². The zero-order chi connectivity index (χ0) is 11.9. The molecule has 0 saturated heterocycles. The van der Waals surface area contributed by atoms with Gasteiger partial charge < -0.3 is 9.84 Å². The van der Waals surface area contributed by atoms with Crippen LogP contribution in [0.5, 0.6) is 11.5 Å². The molecule has 16 heavy (non-hydrogen) atoms. The minimum absolute atomic E-state index is 0.304. The SMILES string of the molecule is CCCC1Cc2c(C)c(O)c(C)c(C)c2O1. The maximum atomic E-state index is 10.0. The highest BCUT2D eigenvalue weighted by Crippen LogP contribution is 2.42. The molecule has 2 rings (SSSR count). The van der Waals surface area contributed by atoms with Crippen LogP contribution in [0.3, 0.4) is 0 Å². The first-order valence-corrected chi connectivity index (χ1v) is 6.04. The van der Waals surface area contributed by atoms with Crippen molar-refractivity contribution >= 4 is 0 Å². The van der Waals surface area contributed by atoms with Gasteiger partial charge in [-0.15, -0.1) is 0 Å². The molecule has 1 aliphatic rings. The smallest absolute Gasteiger partial charge is 0.126 e. The molecule has 0 spiro atoms. The van der Waals surface area contributed by atoms with E-state index in [4.69, 9.17) is 4.74 Å². The minimum atomic E-state index is 0.304. The summed E-state index contributed by atoms with van der Waals surface area (Å²) in [5.74, 6) is 1.46. The third kappa shape index (κ3) is 1.57. The number of aromatic hydroxyl groups is 1. The third-order valence-corrected chi connectivity index (χ3v) is 3.67. The van der Waals surface area contributed by atoms with Crippen molar-refractivity contribution in [3.63, 3.8) is 0 Å². The molecule has 1 aromatic carbocycles. The van der Waals surface area contributed by atoms with E-state index in [0.29, 0.717) is 11.9 Å². The predicted octanol–water partition coefficient (Wildman–Crippen LogP) is 3.42. The molecule has 1 heterocycles. The number of phenols is 1. The Morgan fingerprint density at radius 1 is 1.19 bits per heavy atom. The third-order valence-electron chi connectivity index (χ3n) is 3.67. The van der Waals surface area contributed by atoms with Crippen molar-refractivity contribution in [3.8, 4) is 11.5 Å². The van der Waals surface area contributed by atoms with Crippen molar-refractivity contribution in [2.75, 3.05) is 0 Å². The molecule has 1 unspecified atom stereocenters. The largest absolute Gasteiger partial charge is 0.507 e. The molecule has 0 fully saturated rings. The second kappa shape index (κ2) is 4.00. The molecule has 2 heteroatoms. The Hall–Kier alpha value is -1.18. The standard InChI is InChI=1S/C14H20O2/c1-5-6-11-7-12-10(4)13(15)8(2)9(3)14(12)16-11/h11,15H,5-7H2,1-4H3. The van der Waals surface area contributed by atoms with Gasteiger partial charge in [0, 0.05) is 12.0 Å². The van der Waals surface area contributed by atoms with Crippen molar-refractivity contribution in [3.05, 3.63) is 22.3 Å². The summed E-state index contributed by atoms with van der Waals surface area (Å²) >= 11 is 0. The lowest BCUT2D eigenvalue weighted by molar-refractivity contribution is 0.219. The average Bonchev–Trinajstić information content (AvgIpc) is 2.68. The highest BCUT2D eigenvalue weighted by Gasteiger charge is 2.28. The molecule has 1 atom stereocenters. The van der Waals surface area contributed by atoms with Gasteiger partial charge in [-0.3, -0.25) is 0 Å². The monoisotopic (exact) mass is 220 g/mol. The van der Waals surface area contributed by atoms with Crippen LogP contribution in [-0.2, 0) is 6.42 Å². The van der Waals surface area contributed by atoms with Crippen molar-refractivity contribution in [1.82, 2.24) is 0 Å². The summed E-state index contributed by atoms with van der Waals surface area (Å²) < 4.78 is 5.98. The number of hydrogen-bond donors (Lipinski definition) is 1. The van der Waals surface area contributed by atoms with Crippen molar-refractivity contribution in [2.24, 2.45) is 0 Å². The van der Waals surface area contributed by atoms with Gasteiger partial charge in [-0.25, -0.2) is 0 Å². The second-order valence-corrected chi connectivity index (χ2v) is 4.76. The van der Waals surface area contributed by atoms with Gasteiger partial charge in [0.2, 0.25) is 0 Å². The molecule has 1 N–H and O–H groups in total. The van der Waals surface area contributed by atoms with E-state index < -0.39 is 0 Å². The van der Waals surface area contributed by atoms with Crippen molar-refractivity contribution in [1.29, 1.82) is 0 Å². The van der Waals surface area contributed by atoms with Crippen LogP contribution in [0.25, 0.3) is 0 Å². The van der Waals surface area contributed by atoms with Gasteiger partial charge in [0.05, 0.1) is 0 Å². The minimum Gasteiger partial charge on any atom is -0.507 e. The topological polar surface area (TPSA) is 29.5 Å². The number of hydrogen-bond acceptors (Lipinski definition) is 2. The van der Waals surface area contributed by atoms with Crippen molar-refractivity contribution < 1.29 is 9.84 Å². The number of ether oxygens (including phenoxy) is 1. The summed E-state index contributed by atoms with van der Waals surface area (Å²) in [5, 5.41) is 10.0. The Balaban J connectivity index is 2.45. The quantitative estimate of drug-likeness (QED) is 0.827. The van der Waals surface area contributed by atoms with Crippen LogP contribution in [0, 0.1) is 20.8 Å². The van der Waals surface area contributed by atoms with Gasteiger partial charge in [-0.05, 0) is 43.9 Å². The highest BCUT2D eigenvalue weighted by molar-refractivity contribution is 5.59. The maximum Gasteiger partial charge on any atom is 0.126 e. The average molecular weight is 220 g/mol. The Labute approximate surface area is 97.3 Å². The van der Waals surface area contributed by atoms with Crippen LogP contribution in [-0.4, -0.2) is 11.2 Å². The molecule has 1 aliphatic heterocycles. The molecule has 1 aromatic rings. The molecular formula is C14H20O2. The van der Waals surface area contributed by atoms with E-state index in [0.717, 1.165) is 41.7 Å². The summed E-state index contributed by atoms with van der Waals surface area (Å²) in [6, 6.07) is 0. The molecular weight excluding hydrogens is 200 g/mol. The first-order chi connectivity index (χ1) is 7.56. The lowest BCUT2D eigenvalue weighted by Crippen LogP contribution is -2.11. The fraction of sp³-hybridized carbons (Fsp3) is 0.571. The first-order valence-electron chi connectivity index (χ1n) is 6.04. The second-order valence-electron chi connectivity index (χ2n) is 4.76. The van der Waals surface area contributed by atoms with Crippen LogP contribution in [0.15, 0.2) is 0 Å². The molecule has 88 valence electrons. The number of rotatable bonds is 2. The van der Waals surface area contributed by atoms with Crippen LogP contribution in [0.1, 0.15) is 42.0 Å². The van der Waals surface area contributed by atoms with Gasteiger partial charge in [-0.1, -0.05) is 13.3 Å². The molecule has 0 amide bonds. The highest BCUT2D eigenvalue weighted by atomic mass is 16.5. The Bertz CT molecular complexity index is 384. The van der Waals surface area contributed by atoms with Crippen molar-refractivity contribution in [2.45, 2.75) is 53.1 Å². The van der Waals surface area contributed by atoms with E-state index in [-0.39, 0.29) is 0 Å². The van der Waals surface area contributed by atoms with Gasteiger partial charge in [0.25, 0.3) is 0 Å². The van der Waals surface area contributed by atoms with E-state index in [1.807, 2.05) is 20.8 Å². The normalized spacial score (nSPS) is 18.4. The van der Waals surface area contributed by atoms with Gasteiger partial charge in [0.1, 0.15) is 17.6 Å². The lowest BCUT2D eigenvalue weighted by atomic mass is 9.95. The summed E-state index contributed by atoms with van der Waals surface area (Å²) in [4.78, 5) is 0. The zero-order valence-electron chi connectivity index (χ0n) is 10.6. The number of benzene rings is 1. The van der Waals surface area contributed by atoms with Crippen LogP contribution in [0.2, 0.25) is 0 Å². The van der Waals surface area contributed by atoms with Gasteiger partial charge in [0.15, 0.2) is 0 Å². The fourth-order valence-corrected chi connectivity index (χ4v) is 2.49. The molecule has 0 aromatic heterocycles. The lowest BCUT2D eigenvalue weighted by Gasteiger charge is -2.13. The number of phenolic OH excluding ortho intramolecular Hbond substituents is 1. The Morgan fingerprint density at radius 3 is 2.50 bits per heavy atom. The first kappa shape index (κ1) is 11.3. The van der Waals surface area contributed by atoms with E-state index >= 15 is 0 Å².